The zero-order chi connectivity index (χ0) is 7.23. The summed E-state index contributed by atoms with van der Waals surface area (Å²) in [6, 6.07) is 10.1. The lowest BCUT2D eigenvalue weighted by Gasteiger charge is -1.95. The molecule has 0 saturated carbocycles. The quantitative estimate of drug-likeness (QED) is 0.596. The summed E-state index contributed by atoms with van der Waals surface area (Å²) in [6.45, 7) is 4.25. The topological polar surface area (TPSA) is 14.1 Å². The van der Waals surface area contributed by atoms with Crippen LogP contribution in [0.15, 0.2) is 43.1 Å². The van der Waals surface area contributed by atoms with Crippen molar-refractivity contribution in [3.63, 3.8) is 0 Å². The second kappa shape index (κ2) is 3.72. The number of benzene rings is 1. The molecule has 0 N–H and O–H groups in total. The Morgan fingerprint density at radius 2 is 2.00 bits per heavy atom. The summed E-state index contributed by atoms with van der Waals surface area (Å²) < 4.78 is 0. The average Bonchev–Trinajstić information content (AvgIpc) is 2.03. The van der Waals surface area contributed by atoms with Gasteiger partial charge in [0.25, 0.3) is 0 Å². The summed E-state index contributed by atoms with van der Waals surface area (Å²) >= 11 is 0. The van der Waals surface area contributed by atoms with Gasteiger partial charge in [-0.2, -0.15) is 0 Å². The largest absolute Gasteiger partial charge is 0.289 e. The molecule has 0 spiro atoms. The first-order valence-corrected chi connectivity index (χ1v) is 3.25. The predicted molar refractivity (Wildman–Crippen MR) is 42.5 cm³/mol. The van der Waals surface area contributed by atoms with Crippen molar-refractivity contribution in [3.05, 3.63) is 48.7 Å². The minimum atomic E-state index is 0.740. The van der Waals surface area contributed by atoms with E-state index in [1.807, 2.05) is 30.3 Å². The van der Waals surface area contributed by atoms with E-state index >= 15 is 0 Å². The van der Waals surface area contributed by atoms with Gasteiger partial charge in [0, 0.05) is 6.20 Å². The molecule has 1 rings (SSSR count). The van der Waals surface area contributed by atoms with E-state index < -0.39 is 0 Å². The van der Waals surface area contributed by atoms with Gasteiger partial charge in [0.15, 0.2) is 0 Å². The lowest BCUT2D eigenvalue weighted by atomic mass is 10.2. The van der Waals surface area contributed by atoms with Crippen molar-refractivity contribution in [2.45, 2.75) is 6.54 Å². The molecule has 0 saturated heterocycles. The Labute approximate surface area is 61.4 Å². The van der Waals surface area contributed by atoms with Crippen LogP contribution in [-0.4, -0.2) is 0 Å². The second-order valence-electron chi connectivity index (χ2n) is 2.01. The molecule has 0 amide bonds. The zero-order valence-corrected chi connectivity index (χ0v) is 5.83. The Hall–Kier alpha value is -1.24. The molecule has 1 aromatic rings. The summed E-state index contributed by atoms with van der Waals surface area (Å²) in [5.74, 6) is 0. The molecule has 10 heavy (non-hydrogen) atoms. The molecule has 0 unspecified atom stereocenters. The fourth-order valence-corrected chi connectivity index (χ4v) is 0.753. The number of hydrogen-bond acceptors (Lipinski definition) is 0. The molecule has 1 heteroatoms. The van der Waals surface area contributed by atoms with Crippen LogP contribution in [0.2, 0.25) is 0 Å². The van der Waals surface area contributed by atoms with Crippen LogP contribution in [0.4, 0.5) is 0 Å². The van der Waals surface area contributed by atoms with Crippen LogP contribution in [0.5, 0.6) is 0 Å². The molecule has 0 fully saturated rings. The van der Waals surface area contributed by atoms with Crippen LogP contribution in [0, 0.1) is 0 Å². The van der Waals surface area contributed by atoms with Gasteiger partial charge in [-0.3, -0.25) is 5.32 Å². The van der Waals surface area contributed by atoms with E-state index in [9.17, 15) is 0 Å². The first kappa shape index (κ1) is 6.87. The van der Waals surface area contributed by atoms with Crippen molar-refractivity contribution in [2.75, 3.05) is 0 Å². The lowest BCUT2D eigenvalue weighted by molar-refractivity contribution is 0.855. The normalized spacial score (nSPS) is 8.80. The number of nitrogens with zero attached hydrogens (tertiary/aromatic N) is 1. The Balaban J connectivity index is 2.50. The van der Waals surface area contributed by atoms with Gasteiger partial charge >= 0.3 is 0 Å². The van der Waals surface area contributed by atoms with E-state index in [1.165, 1.54) is 5.56 Å². The van der Waals surface area contributed by atoms with Crippen molar-refractivity contribution < 1.29 is 0 Å². The van der Waals surface area contributed by atoms with E-state index in [-0.39, 0.29) is 0 Å². The van der Waals surface area contributed by atoms with Gasteiger partial charge in [-0.25, -0.2) is 0 Å². The summed E-state index contributed by atoms with van der Waals surface area (Å²) in [6.07, 6.45) is 1.58. The van der Waals surface area contributed by atoms with Crippen LogP contribution in [0.3, 0.4) is 0 Å². The summed E-state index contributed by atoms with van der Waals surface area (Å²) in [5.41, 5.74) is 1.22. The summed E-state index contributed by atoms with van der Waals surface area (Å²) in [5, 5.41) is 4.01. The maximum atomic E-state index is 4.01. The van der Waals surface area contributed by atoms with Crippen molar-refractivity contribution in [3.8, 4) is 0 Å². The van der Waals surface area contributed by atoms with Crippen LogP contribution < -0.4 is 5.32 Å². The Morgan fingerprint density at radius 3 is 2.60 bits per heavy atom. The molecule has 0 aliphatic rings. The third kappa shape index (κ3) is 1.94. The van der Waals surface area contributed by atoms with Gasteiger partial charge in [0.2, 0.25) is 0 Å². The molecule has 0 heterocycles. The highest BCUT2D eigenvalue weighted by Gasteiger charge is 1.85. The van der Waals surface area contributed by atoms with Gasteiger partial charge in [0.1, 0.15) is 0 Å². The molecule has 1 radical (unpaired) electrons. The molecular formula is C9H10N. The molecule has 0 atom stereocenters. The Kier molecular flexibility index (Phi) is 2.56. The molecule has 0 aromatic heterocycles. The Morgan fingerprint density at radius 1 is 1.30 bits per heavy atom. The van der Waals surface area contributed by atoms with Gasteiger partial charge in [-0.15, -0.1) is 0 Å². The smallest absolute Gasteiger partial charge is 0.0639 e. The van der Waals surface area contributed by atoms with Crippen molar-refractivity contribution >= 4 is 0 Å². The second-order valence-corrected chi connectivity index (χ2v) is 2.01. The molecule has 0 aliphatic heterocycles. The first-order chi connectivity index (χ1) is 4.93. The van der Waals surface area contributed by atoms with Crippen molar-refractivity contribution in [2.24, 2.45) is 0 Å². The third-order valence-corrected chi connectivity index (χ3v) is 1.25. The molecule has 0 bridgehead atoms. The first-order valence-electron chi connectivity index (χ1n) is 3.25. The zero-order valence-electron chi connectivity index (χ0n) is 5.83. The summed E-state index contributed by atoms with van der Waals surface area (Å²) in [4.78, 5) is 0. The highest BCUT2D eigenvalue weighted by Crippen LogP contribution is 1.97. The molecule has 51 valence electrons. The van der Waals surface area contributed by atoms with E-state index in [0.29, 0.717) is 0 Å². The fourth-order valence-electron chi connectivity index (χ4n) is 0.753. The van der Waals surface area contributed by atoms with Crippen molar-refractivity contribution in [1.29, 1.82) is 0 Å². The van der Waals surface area contributed by atoms with Crippen LogP contribution in [0.25, 0.3) is 0 Å². The molecule has 0 aliphatic carbocycles. The summed E-state index contributed by atoms with van der Waals surface area (Å²) in [7, 11) is 0. The fraction of sp³-hybridized carbons (Fsp3) is 0.111. The highest BCUT2D eigenvalue weighted by molar-refractivity contribution is 5.14. The van der Waals surface area contributed by atoms with Gasteiger partial charge in [-0.05, 0) is 5.56 Å². The maximum absolute atomic E-state index is 4.01. The van der Waals surface area contributed by atoms with Gasteiger partial charge in [0.05, 0.1) is 6.54 Å². The Bertz CT molecular complexity index is 191. The lowest BCUT2D eigenvalue weighted by Crippen LogP contribution is -1.94. The monoisotopic (exact) mass is 132 g/mol. The minimum Gasteiger partial charge on any atom is -0.289 e. The number of rotatable bonds is 3. The molecular weight excluding hydrogens is 122 g/mol. The third-order valence-electron chi connectivity index (χ3n) is 1.25. The van der Waals surface area contributed by atoms with Gasteiger partial charge in [-0.1, -0.05) is 36.9 Å². The van der Waals surface area contributed by atoms with E-state index in [0.717, 1.165) is 6.54 Å². The predicted octanol–water partition coefficient (Wildman–Crippen LogP) is 1.93. The SMILES string of the molecule is C=C[N]Cc1ccccc1. The van der Waals surface area contributed by atoms with Crippen LogP contribution in [-0.2, 0) is 6.54 Å². The maximum Gasteiger partial charge on any atom is 0.0639 e. The van der Waals surface area contributed by atoms with Crippen LogP contribution >= 0.6 is 0 Å². The van der Waals surface area contributed by atoms with E-state index in [4.69, 9.17) is 0 Å². The number of hydrogen-bond donors (Lipinski definition) is 0. The van der Waals surface area contributed by atoms with Crippen molar-refractivity contribution in [1.82, 2.24) is 5.32 Å². The van der Waals surface area contributed by atoms with E-state index in [1.54, 1.807) is 6.20 Å². The highest BCUT2D eigenvalue weighted by atomic mass is 14.8. The molecule has 1 aromatic carbocycles. The average molecular weight is 132 g/mol. The van der Waals surface area contributed by atoms with Crippen LogP contribution in [0.1, 0.15) is 5.56 Å². The molecule has 1 nitrogen and oxygen atoms in total. The van der Waals surface area contributed by atoms with E-state index in [2.05, 4.69) is 11.9 Å². The minimum absolute atomic E-state index is 0.740. The standard InChI is InChI=1S/C9H10N/c1-2-10-8-9-6-4-3-5-7-9/h2-7H,1,8H2. The van der Waals surface area contributed by atoms with Gasteiger partial charge < -0.3 is 0 Å².